The molecule has 2 N–H and O–H groups in total. The Morgan fingerprint density at radius 3 is 2.27 bits per heavy atom. The predicted molar refractivity (Wildman–Crippen MR) is 40.3 cm³/mol. The molecule has 0 heterocycles. The SMILES string of the molecule is CN(CC(N)=S)CC(F)(F)F. The van der Waals surface area contributed by atoms with E-state index in [0.29, 0.717) is 0 Å². The van der Waals surface area contributed by atoms with Crippen LogP contribution in [0.15, 0.2) is 0 Å². The minimum Gasteiger partial charge on any atom is -0.392 e. The molecule has 0 atom stereocenters. The van der Waals surface area contributed by atoms with Gasteiger partial charge in [0, 0.05) is 6.54 Å². The molecule has 0 aliphatic rings. The quantitative estimate of drug-likeness (QED) is 0.660. The standard InChI is InChI=1S/C5H9F3N2S/c1-10(2-4(9)11)3-5(6,7)8/h2-3H2,1H3,(H2,9,11). The van der Waals surface area contributed by atoms with E-state index in [0.717, 1.165) is 4.90 Å². The van der Waals surface area contributed by atoms with E-state index in [4.69, 9.17) is 5.73 Å². The predicted octanol–water partition coefficient (Wildman–Crippen LogP) is 0.767. The molecular weight excluding hydrogens is 177 g/mol. The number of rotatable bonds is 3. The number of thiocarbonyl (C=S) groups is 1. The number of nitrogens with zero attached hydrogens (tertiary/aromatic N) is 1. The molecule has 0 aromatic rings. The van der Waals surface area contributed by atoms with Crippen LogP contribution in [-0.4, -0.2) is 36.2 Å². The molecule has 0 saturated heterocycles. The smallest absolute Gasteiger partial charge is 0.392 e. The van der Waals surface area contributed by atoms with Crippen molar-refractivity contribution in [2.75, 3.05) is 20.1 Å². The molecule has 0 rings (SSSR count). The van der Waals surface area contributed by atoms with Gasteiger partial charge in [-0.05, 0) is 7.05 Å². The Kier molecular flexibility index (Phi) is 3.74. The molecule has 0 aromatic heterocycles. The summed E-state index contributed by atoms with van der Waals surface area (Å²) in [6, 6.07) is 0. The Morgan fingerprint density at radius 1 is 1.55 bits per heavy atom. The second-order valence-corrected chi connectivity index (χ2v) is 2.78. The van der Waals surface area contributed by atoms with Gasteiger partial charge in [-0.2, -0.15) is 13.2 Å². The van der Waals surface area contributed by atoms with Crippen molar-refractivity contribution in [2.24, 2.45) is 5.73 Å². The lowest BCUT2D eigenvalue weighted by atomic mass is 10.5. The fourth-order valence-electron chi connectivity index (χ4n) is 0.628. The summed E-state index contributed by atoms with van der Waals surface area (Å²) in [6.07, 6.45) is -4.18. The monoisotopic (exact) mass is 186 g/mol. The van der Waals surface area contributed by atoms with Crippen LogP contribution in [0, 0.1) is 0 Å². The van der Waals surface area contributed by atoms with Gasteiger partial charge in [0.15, 0.2) is 0 Å². The average molecular weight is 186 g/mol. The van der Waals surface area contributed by atoms with Gasteiger partial charge in [0.25, 0.3) is 0 Å². The fraction of sp³-hybridized carbons (Fsp3) is 0.800. The summed E-state index contributed by atoms with van der Waals surface area (Å²) in [6.45, 7) is -0.987. The summed E-state index contributed by atoms with van der Waals surface area (Å²) in [7, 11) is 1.31. The molecule has 66 valence electrons. The number of halogens is 3. The van der Waals surface area contributed by atoms with Gasteiger partial charge in [-0.15, -0.1) is 0 Å². The van der Waals surface area contributed by atoms with Crippen LogP contribution >= 0.6 is 12.2 Å². The Bertz CT molecular complexity index is 145. The number of nitrogens with two attached hydrogens (primary N) is 1. The van der Waals surface area contributed by atoms with Crippen molar-refractivity contribution in [3.8, 4) is 0 Å². The molecule has 0 aromatic carbocycles. The van der Waals surface area contributed by atoms with Crippen LogP contribution in [0.1, 0.15) is 0 Å². The van der Waals surface area contributed by atoms with E-state index in [1.807, 2.05) is 0 Å². The number of hydrogen-bond donors (Lipinski definition) is 1. The van der Waals surface area contributed by atoms with Crippen molar-refractivity contribution in [1.82, 2.24) is 4.90 Å². The molecule has 0 aliphatic carbocycles. The van der Waals surface area contributed by atoms with Crippen LogP contribution in [-0.2, 0) is 0 Å². The zero-order chi connectivity index (χ0) is 9.07. The van der Waals surface area contributed by atoms with Crippen LogP contribution in [0.2, 0.25) is 0 Å². The lowest BCUT2D eigenvalue weighted by Gasteiger charge is -2.17. The first-order valence-corrected chi connectivity index (χ1v) is 3.25. The summed E-state index contributed by atoms with van der Waals surface area (Å²) in [5.41, 5.74) is 5.03. The highest BCUT2D eigenvalue weighted by Gasteiger charge is 2.28. The van der Waals surface area contributed by atoms with Crippen LogP contribution in [0.3, 0.4) is 0 Å². The molecule has 11 heavy (non-hydrogen) atoms. The van der Waals surface area contributed by atoms with Crippen molar-refractivity contribution in [2.45, 2.75) is 6.18 Å². The van der Waals surface area contributed by atoms with Crippen LogP contribution in [0.25, 0.3) is 0 Å². The maximum Gasteiger partial charge on any atom is 0.401 e. The van der Waals surface area contributed by atoms with E-state index < -0.39 is 12.7 Å². The molecule has 0 radical (unpaired) electrons. The molecule has 0 spiro atoms. The first-order valence-electron chi connectivity index (χ1n) is 2.85. The normalized spacial score (nSPS) is 12.1. The molecule has 0 saturated carbocycles. The zero-order valence-corrected chi connectivity index (χ0v) is 6.80. The fourth-order valence-corrected chi connectivity index (χ4v) is 0.848. The molecular formula is C5H9F3N2S. The summed E-state index contributed by atoms with van der Waals surface area (Å²) in [5, 5.41) is 0. The summed E-state index contributed by atoms with van der Waals surface area (Å²) in [4.78, 5) is 1.08. The van der Waals surface area contributed by atoms with Crippen molar-refractivity contribution in [3.05, 3.63) is 0 Å². The molecule has 0 amide bonds. The van der Waals surface area contributed by atoms with Crippen LogP contribution < -0.4 is 5.73 Å². The highest BCUT2D eigenvalue weighted by molar-refractivity contribution is 7.80. The summed E-state index contributed by atoms with van der Waals surface area (Å²) >= 11 is 4.43. The topological polar surface area (TPSA) is 29.3 Å². The molecule has 0 aliphatic heterocycles. The molecule has 6 heteroatoms. The van der Waals surface area contributed by atoms with E-state index >= 15 is 0 Å². The summed E-state index contributed by atoms with van der Waals surface area (Å²) in [5.74, 6) is 0. The third-order valence-corrected chi connectivity index (χ3v) is 1.00. The maximum atomic E-state index is 11.6. The molecule has 0 bridgehead atoms. The van der Waals surface area contributed by atoms with Gasteiger partial charge in [-0.1, -0.05) is 12.2 Å². The van der Waals surface area contributed by atoms with E-state index in [9.17, 15) is 13.2 Å². The van der Waals surface area contributed by atoms with E-state index in [1.165, 1.54) is 7.05 Å². The Labute approximate surface area is 68.2 Å². The third kappa shape index (κ3) is 7.54. The van der Waals surface area contributed by atoms with E-state index in [-0.39, 0.29) is 11.5 Å². The maximum absolute atomic E-state index is 11.6. The highest BCUT2D eigenvalue weighted by Crippen LogP contribution is 2.14. The van der Waals surface area contributed by atoms with Gasteiger partial charge in [0.1, 0.15) is 0 Å². The first-order chi connectivity index (χ1) is 4.81. The van der Waals surface area contributed by atoms with Gasteiger partial charge in [0.05, 0.1) is 11.5 Å². The van der Waals surface area contributed by atoms with Crippen molar-refractivity contribution >= 4 is 17.2 Å². The van der Waals surface area contributed by atoms with E-state index in [1.54, 1.807) is 0 Å². The number of alkyl halides is 3. The average Bonchev–Trinajstić information content (AvgIpc) is 1.53. The van der Waals surface area contributed by atoms with Gasteiger partial charge in [-0.25, -0.2) is 0 Å². The summed E-state index contributed by atoms with van der Waals surface area (Å²) < 4.78 is 34.9. The van der Waals surface area contributed by atoms with Crippen molar-refractivity contribution < 1.29 is 13.2 Å². The molecule has 2 nitrogen and oxygen atoms in total. The molecule has 0 unspecified atom stereocenters. The van der Waals surface area contributed by atoms with Gasteiger partial charge in [0.2, 0.25) is 0 Å². The van der Waals surface area contributed by atoms with E-state index in [2.05, 4.69) is 12.2 Å². The van der Waals surface area contributed by atoms with Crippen LogP contribution in [0.4, 0.5) is 13.2 Å². The second kappa shape index (κ2) is 3.87. The minimum atomic E-state index is -4.18. The van der Waals surface area contributed by atoms with Gasteiger partial charge < -0.3 is 5.73 Å². The minimum absolute atomic E-state index is 0.00512. The Morgan fingerprint density at radius 2 is 2.00 bits per heavy atom. The number of hydrogen-bond acceptors (Lipinski definition) is 2. The van der Waals surface area contributed by atoms with Gasteiger partial charge >= 0.3 is 6.18 Å². The lowest BCUT2D eigenvalue weighted by molar-refractivity contribution is -0.141. The Balaban J connectivity index is 3.69. The van der Waals surface area contributed by atoms with Crippen molar-refractivity contribution in [3.63, 3.8) is 0 Å². The largest absolute Gasteiger partial charge is 0.401 e. The van der Waals surface area contributed by atoms with Crippen molar-refractivity contribution in [1.29, 1.82) is 0 Å². The van der Waals surface area contributed by atoms with Crippen LogP contribution in [0.5, 0.6) is 0 Å². The first kappa shape index (κ1) is 10.6. The zero-order valence-electron chi connectivity index (χ0n) is 5.98. The lowest BCUT2D eigenvalue weighted by Crippen LogP contribution is -2.36. The Hall–Kier alpha value is -0.360. The highest BCUT2D eigenvalue weighted by atomic mass is 32.1. The van der Waals surface area contributed by atoms with Gasteiger partial charge in [-0.3, -0.25) is 4.90 Å². The molecule has 0 fully saturated rings. The second-order valence-electron chi connectivity index (χ2n) is 2.25. The number of likely N-dealkylation sites (N-methyl/N-ethyl adjacent to an activating group) is 1. The third-order valence-electron chi connectivity index (χ3n) is 0.875.